The fraction of sp³-hybridized carbons (Fsp3) is 0.255. The number of hydrogen-bond donors (Lipinski definition) is 0. The third-order valence-electron chi connectivity index (χ3n) is 18.8. The van der Waals surface area contributed by atoms with Gasteiger partial charge < -0.3 is 62.7 Å². The minimum Gasteiger partial charge on any atom is -0.744 e. The van der Waals surface area contributed by atoms with Crippen LogP contribution in [-0.2, 0) is 96.2 Å². The van der Waals surface area contributed by atoms with Crippen LogP contribution in [0.2, 0.25) is 0 Å². The van der Waals surface area contributed by atoms with E-state index in [9.17, 15) is 25.9 Å². The van der Waals surface area contributed by atoms with Crippen molar-refractivity contribution < 1.29 is 223 Å². The largest absolute Gasteiger partial charge is 2.00 e. The zero-order valence-electron chi connectivity index (χ0n) is 78.2. The Hall–Kier alpha value is -9.26. The fourth-order valence-electron chi connectivity index (χ4n) is 12.1. The first-order valence-electron chi connectivity index (χ1n) is 38.8. The van der Waals surface area contributed by atoms with Gasteiger partial charge in [0.1, 0.15) is 43.2 Å². The smallest absolute Gasteiger partial charge is 0.744 e. The van der Waals surface area contributed by atoms with Crippen molar-refractivity contribution in [3.8, 4) is 80.0 Å². The summed E-state index contributed by atoms with van der Waals surface area (Å²) in [6.45, 7) is 45.6. The third-order valence-corrected chi connectivity index (χ3v) is 20.5. The molecule has 0 atom stereocenters. The van der Waals surface area contributed by atoms with E-state index in [2.05, 4.69) is 102 Å². The van der Waals surface area contributed by atoms with Crippen molar-refractivity contribution >= 4 is 108 Å². The Bertz CT molecular complexity index is 6630. The predicted octanol–water partition coefficient (Wildman–Crippen LogP) is 6.39. The Kier molecular flexibility index (Phi) is 48.2. The molecule has 15 rings (SSSR count). The Morgan fingerprint density at radius 2 is 0.612 bits per heavy atom. The van der Waals surface area contributed by atoms with E-state index in [1.807, 2.05) is 181 Å². The molecule has 0 amide bonds. The van der Waals surface area contributed by atoms with Crippen molar-refractivity contribution in [1.82, 2.24) is 39.9 Å². The van der Waals surface area contributed by atoms with Crippen molar-refractivity contribution in [3.63, 3.8) is 0 Å². The zero-order chi connectivity index (χ0) is 95.9. The second-order valence-corrected chi connectivity index (χ2v) is 36.9. The van der Waals surface area contributed by atoms with Crippen LogP contribution in [0.4, 0.5) is 11.4 Å². The first-order chi connectivity index (χ1) is 60.3. The van der Waals surface area contributed by atoms with E-state index >= 15 is 0 Å². The number of aromatic nitrogens is 8. The van der Waals surface area contributed by atoms with Gasteiger partial charge in [0.05, 0.1) is 74.7 Å². The van der Waals surface area contributed by atoms with Crippen LogP contribution in [0.3, 0.4) is 0 Å². The Morgan fingerprint density at radius 3 is 0.881 bits per heavy atom. The maximum Gasteiger partial charge on any atom is 2.00 e. The molecular formula is C94H92CuN10Na4O20S5. The molecule has 0 saturated carbocycles. The molecule has 10 aromatic carbocycles. The van der Waals surface area contributed by atoms with E-state index in [-0.39, 0.29) is 184 Å². The molecule has 2 aliphatic rings. The van der Waals surface area contributed by atoms with Gasteiger partial charge in [0.25, 0.3) is 0 Å². The van der Waals surface area contributed by atoms with Crippen LogP contribution < -0.4 is 152 Å². The molecule has 0 unspecified atom stereocenters. The number of rotatable bonds is 8. The summed E-state index contributed by atoms with van der Waals surface area (Å²) in [5.41, 5.74) is 12.2. The molecule has 2 aliphatic heterocycles. The first-order valence-corrected chi connectivity index (χ1v) is 44.6. The van der Waals surface area contributed by atoms with E-state index in [4.69, 9.17) is 115 Å². The van der Waals surface area contributed by atoms with Crippen LogP contribution in [0.25, 0.3) is 99.4 Å². The summed E-state index contributed by atoms with van der Waals surface area (Å²) in [5, 5.41) is 3.57. The molecule has 30 nitrogen and oxygen atoms in total. The van der Waals surface area contributed by atoms with E-state index in [0.717, 1.165) is 72.2 Å². The summed E-state index contributed by atoms with van der Waals surface area (Å²) in [6.07, 6.45) is 0. The van der Waals surface area contributed by atoms with E-state index in [1.54, 1.807) is 56.7 Å². The number of methoxy groups -OCH3 is 4. The van der Waals surface area contributed by atoms with Gasteiger partial charge in [0.2, 0.25) is 0 Å². The van der Waals surface area contributed by atoms with E-state index < -0.39 is 52.1 Å². The quantitative estimate of drug-likeness (QED) is 0.0903. The average Bonchev–Trinajstić information content (AvgIpc) is 1.63. The summed E-state index contributed by atoms with van der Waals surface area (Å²) in [7, 11) is -12.3. The van der Waals surface area contributed by atoms with Crippen LogP contribution in [0.15, 0.2) is 222 Å². The van der Waals surface area contributed by atoms with Crippen LogP contribution in [0, 0.1) is 25.3 Å². The predicted molar refractivity (Wildman–Crippen MR) is 488 cm³/mol. The molecule has 0 spiro atoms. The molecule has 40 heteroatoms. The molecule has 13 aromatic rings. The minimum absolute atomic E-state index is 0. The van der Waals surface area contributed by atoms with Gasteiger partial charge in [-0.1, -0.05) is 231 Å². The maximum absolute atomic E-state index is 10.9. The van der Waals surface area contributed by atoms with Crippen molar-refractivity contribution in [3.05, 3.63) is 275 Å². The number of nitrogens with zero attached hydrogens (tertiary/aromatic N) is 10. The SMILES string of the molecule is COc1[c-]ccc(C(C)(C)C)c1.COc1[c-]ccc(C(C)(C)C)c1.COc1cc(C(C)(C)C)ccc1S(=O)(=O)[O-].COc1cc(C(C)(C)C)ccc1S(=O)(=O)[O-].O=S(=O)=O.O=S(=O)=O.O=S(=O)=O.[C-]#[N+]c1ccc(Oc2cccc(C(C)(C)C)c2)cc1[N+]#[C-].[Cu+2].[Na+].[Na+].[Na+].[Na+].c1ccc2c(c1)-c1nc-2nc2[n-]c(nc3nc(nc4[n-]c(n1)c1ccccc41)-c1ccccc1-3)c1ccccc21. The number of ether oxygens (including phenoxy) is 5. The van der Waals surface area contributed by atoms with Gasteiger partial charge >= 0.3 is 167 Å². The van der Waals surface area contributed by atoms with Gasteiger partial charge in [0.15, 0.2) is 11.4 Å². The van der Waals surface area contributed by atoms with Gasteiger partial charge in [0, 0.05) is 56.3 Å². The molecule has 0 N–H and O–H groups in total. The van der Waals surface area contributed by atoms with Crippen molar-refractivity contribution in [1.29, 1.82) is 0 Å². The minimum atomic E-state index is -4.48. The fourth-order valence-corrected chi connectivity index (χ4v) is 13.4. The molecular weight excluding hydrogens is 1900 g/mol. The molecule has 683 valence electrons. The normalized spacial score (nSPS) is 10.8. The molecule has 0 aliphatic carbocycles. The third kappa shape index (κ3) is 35.7. The Morgan fingerprint density at radius 1 is 0.336 bits per heavy atom. The molecule has 8 bridgehead atoms. The van der Waals surface area contributed by atoms with E-state index in [0.29, 0.717) is 63.0 Å². The van der Waals surface area contributed by atoms with Crippen molar-refractivity contribution in [2.24, 2.45) is 0 Å². The first kappa shape index (κ1) is 121. The van der Waals surface area contributed by atoms with Gasteiger partial charge in [-0.15, -0.1) is 73.3 Å². The molecule has 1 radical (unpaired) electrons. The molecule has 0 saturated heterocycles. The summed E-state index contributed by atoms with van der Waals surface area (Å²) in [6, 6.07) is 71.7. The number of benzene rings is 10. The molecule has 0 fully saturated rings. The van der Waals surface area contributed by atoms with Gasteiger partial charge in [-0.05, 0) is 114 Å². The topological polar surface area (TPSA) is 428 Å². The Balaban J connectivity index is 0.000000559. The van der Waals surface area contributed by atoms with Gasteiger partial charge in [-0.3, -0.25) is 4.85 Å². The summed E-state index contributed by atoms with van der Waals surface area (Å²) in [4.78, 5) is 45.3. The van der Waals surface area contributed by atoms with E-state index in [1.165, 1.54) is 43.0 Å². The second-order valence-electron chi connectivity index (χ2n) is 33.0. The van der Waals surface area contributed by atoms with Crippen molar-refractivity contribution in [2.45, 2.75) is 141 Å². The standard InChI is InChI=1S/C32H16N8.C18H16N2O.2C11H16O4S.2C11H15O.Cu.4Na.3O3S/c1-2-10-18-17(9-1)25-33-26(18)38-28-21-13-5-6-14-22(21)30(35-28)40-32-24-16-8-7-15-23(24)31(36-32)39-29-20-12-4-3-11-19(20)27(34-29)37-25;1-18(2,3)13-7-6-8-14(11-13)21-15-9-10-16(19-4)17(12-15)20-5;2*1-11(2,3)8-5-6-10(16(12,13)14)9(7-8)15-4;2*1-11(2,3)9-6-5-7-10(8-9)12-4;;;;;;3*1-4(2)3/h1-16H;6-12H,1-3H3;2*5-7H,1-4H3,(H,12,13,14);2*5-6,8H,1-4H3;;;;;;;;/q-2;;;;2*-1;+2;4*+1;;;/p-2. The summed E-state index contributed by atoms with van der Waals surface area (Å²) >= 11 is 0. The van der Waals surface area contributed by atoms with Gasteiger partial charge in [-0.25, -0.2) is 31.6 Å². The monoisotopic (exact) mass is 2000 g/mol. The van der Waals surface area contributed by atoms with Crippen LogP contribution in [-0.4, -0.2) is 122 Å². The van der Waals surface area contributed by atoms with Crippen LogP contribution in [0.1, 0.15) is 132 Å². The van der Waals surface area contributed by atoms with Crippen LogP contribution >= 0.6 is 0 Å². The molecule has 134 heavy (non-hydrogen) atoms. The van der Waals surface area contributed by atoms with Gasteiger partial charge in [-0.2, -0.15) is 24.3 Å². The zero-order valence-corrected chi connectivity index (χ0v) is 91.2. The van der Waals surface area contributed by atoms with Crippen molar-refractivity contribution in [2.75, 3.05) is 28.4 Å². The molecule has 5 heterocycles. The Labute approximate surface area is 884 Å². The summed E-state index contributed by atoms with van der Waals surface area (Å²) in [5.74, 6) is 5.32. The summed E-state index contributed by atoms with van der Waals surface area (Å²) < 4.78 is 167. The maximum atomic E-state index is 10.9. The average molecular weight is 2000 g/mol. The molecule has 3 aromatic heterocycles. The second kappa shape index (κ2) is 53.5. The number of hydrogen-bond acceptors (Lipinski definition) is 26. The van der Waals surface area contributed by atoms with Crippen LogP contribution in [0.5, 0.6) is 34.5 Å². The number of fused-ring (bicyclic) bond motifs is 20.